The SMILES string of the molecule is COc1ccc(S(=O)(=O)N2CCC(C(=O)NC(C)(C)Cc3ccccc3)CC2)cc1. The molecule has 1 heterocycles. The first-order chi connectivity index (χ1) is 14.2. The van der Waals surface area contributed by atoms with Gasteiger partial charge in [0.25, 0.3) is 0 Å². The molecule has 1 N–H and O–H groups in total. The summed E-state index contributed by atoms with van der Waals surface area (Å²) < 4.78 is 32.3. The second-order valence-corrected chi connectivity index (χ2v) is 10.3. The van der Waals surface area contributed by atoms with Crippen LogP contribution in [0.3, 0.4) is 0 Å². The summed E-state index contributed by atoms with van der Waals surface area (Å²) in [5.41, 5.74) is 0.799. The minimum absolute atomic E-state index is 0.00238. The lowest BCUT2D eigenvalue weighted by Gasteiger charge is -2.33. The average Bonchev–Trinajstić information content (AvgIpc) is 2.74. The number of sulfonamides is 1. The molecule has 0 bridgehead atoms. The van der Waals surface area contributed by atoms with Crippen LogP contribution in [0.2, 0.25) is 0 Å². The molecule has 0 aromatic heterocycles. The van der Waals surface area contributed by atoms with E-state index >= 15 is 0 Å². The molecule has 1 saturated heterocycles. The van der Waals surface area contributed by atoms with Crippen LogP contribution in [-0.2, 0) is 21.2 Å². The van der Waals surface area contributed by atoms with Gasteiger partial charge in [0, 0.05) is 24.5 Å². The van der Waals surface area contributed by atoms with E-state index in [2.05, 4.69) is 17.4 Å². The van der Waals surface area contributed by atoms with Crippen molar-refractivity contribution in [2.24, 2.45) is 5.92 Å². The lowest BCUT2D eigenvalue weighted by atomic mass is 9.91. The monoisotopic (exact) mass is 430 g/mol. The van der Waals surface area contributed by atoms with Gasteiger partial charge in [-0.25, -0.2) is 8.42 Å². The third-order valence-electron chi connectivity index (χ3n) is 5.47. The Morgan fingerprint density at radius 1 is 1.07 bits per heavy atom. The first-order valence-electron chi connectivity index (χ1n) is 10.2. The molecule has 6 nitrogen and oxygen atoms in total. The molecule has 7 heteroatoms. The Morgan fingerprint density at radius 2 is 1.67 bits per heavy atom. The molecular formula is C23H30N2O4S. The summed E-state index contributed by atoms with van der Waals surface area (Å²) in [6.07, 6.45) is 1.77. The van der Waals surface area contributed by atoms with E-state index in [1.54, 1.807) is 31.4 Å². The number of nitrogens with one attached hydrogen (secondary N) is 1. The highest BCUT2D eigenvalue weighted by atomic mass is 32.2. The largest absolute Gasteiger partial charge is 0.497 e. The molecule has 0 radical (unpaired) electrons. The Balaban J connectivity index is 1.57. The number of piperidine rings is 1. The van der Waals surface area contributed by atoms with E-state index in [1.807, 2.05) is 32.0 Å². The third-order valence-corrected chi connectivity index (χ3v) is 7.39. The first kappa shape index (κ1) is 22.3. The molecule has 1 amide bonds. The summed E-state index contributed by atoms with van der Waals surface area (Å²) in [5, 5.41) is 3.15. The van der Waals surface area contributed by atoms with Crippen LogP contribution in [0.25, 0.3) is 0 Å². The number of nitrogens with zero attached hydrogens (tertiary/aromatic N) is 1. The summed E-state index contributed by atoms with van der Waals surface area (Å²) in [4.78, 5) is 13.1. The number of carbonyl (C=O) groups excluding carboxylic acids is 1. The van der Waals surface area contributed by atoms with Crippen molar-refractivity contribution in [3.8, 4) is 5.75 Å². The highest BCUT2D eigenvalue weighted by molar-refractivity contribution is 7.89. The van der Waals surface area contributed by atoms with Gasteiger partial charge in [-0.05, 0) is 62.9 Å². The maximum absolute atomic E-state index is 12.9. The van der Waals surface area contributed by atoms with Crippen LogP contribution in [0, 0.1) is 5.92 Å². The smallest absolute Gasteiger partial charge is 0.243 e. The molecule has 0 aliphatic carbocycles. The number of rotatable bonds is 7. The number of benzene rings is 2. The molecule has 2 aromatic rings. The quantitative estimate of drug-likeness (QED) is 0.732. The lowest BCUT2D eigenvalue weighted by molar-refractivity contribution is -0.127. The van der Waals surface area contributed by atoms with E-state index in [4.69, 9.17) is 4.74 Å². The molecule has 162 valence electrons. The standard InChI is InChI=1S/C23H30N2O4S/c1-23(2,17-18-7-5-4-6-8-18)24-22(26)19-13-15-25(16-14-19)30(27,28)21-11-9-20(29-3)10-12-21/h4-12,19H,13-17H2,1-3H3,(H,24,26). The van der Waals surface area contributed by atoms with Crippen LogP contribution in [-0.4, -0.2) is 44.4 Å². The summed E-state index contributed by atoms with van der Waals surface area (Å²) >= 11 is 0. The minimum atomic E-state index is -3.57. The van der Waals surface area contributed by atoms with E-state index < -0.39 is 10.0 Å². The fourth-order valence-electron chi connectivity index (χ4n) is 3.84. The number of hydrogen-bond donors (Lipinski definition) is 1. The number of carbonyl (C=O) groups is 1. The molecule has 0 atom stereocenters. The van der Waals surface area contributed by atoms with Crippen LogP contribution < -0.4 is 10.1 Å². The van der Waals surface area contributed by atoms with Crippen molar-refractivity contribution >= 4 is 15.9 Å². The average molecular weight is 431 g/mol. The first-order valence-corrected chi connectivity index (χ1v) is 11.7. The summed E-state index contributed by atoms with van der Waals surface area (Å²) in [7, 11) is -2.02. The van der Waals surface area contributed by atoms with E-state index in [0.29, 0.717) is 31.7 Å². The highest BCUT2D eigenvalue weighted by Gasteiger charge is 2.33. The summed E-state index contributed by atoms with van der Waals surface area (Å²) in [6, 6.07) is 16.5. The fraction of sp³-hybridized carbons (Fsp3) is 0.435. The van der Waals surface area contributed by atoms with Gasteiger partial charge in [0.2, 0.25) is 15.9 Å². The predicted molar refractivity (Wildman–Crippen MR) is 117 cm³/mol. The Bertz CT molecular complexity index is 948. The van der Waals surface area contributed by atoms with E-state index in [-0.39, 0.29) is 22.3 Å². The van der Waals surface area contributed by atoms with Gasteiger partial charge in [-0.3, -0.25) is 4.79 Å². The summed E-state index contributed by atoms with van der Waals surface area (Å²) in [5.74, 6) is 0.433. The van der Waals surface area contributed by atoms with Crippen molar-refractivity contribution < 1.29 is 17.9 Å². The zero-order valence-electron chi connectivity index (χ0n) is 17.8. The molecule has 1 aliphatic heterocycles. The zero-order valence-corrected chi connectivity index (χ0v) is 18.6. The Kier molecular flexibility index (Phi) is 6.83. The highest BCUT2D eigenvalue weighted by Crippen LogP contribution is 2.26. The lowest BCUT2D eigenvalue weighted by Crippen LogP contribution is -2.50. The van der Waals surface area contributed by atoms with Crippen LogP contribution in [0.4, 0.5) is 0 Å². The van der Waals surface area contributed by atoms with Crippen LogP contribution in [0.15, 0.2) is 59.5 Å². The Hall–Kier alpha value is -2.38. The van der Waals surface area contributed by atoms with Crippen LogP contribution >= 0.6 is 0 Å². The van der Waals surface area contributed by atoms with Gasteiger partial charge in [0.05, 0.1) is 12.0 Å². The minimum Gasteiger partial charge on any atom is -0.497 e. The molecule has 1 fully saturated rings. The molecule has 0 saturated carbocycles. The van der Waals surface area contributed by atoms with Gasteiger partial charge in [0.1, 0.15) is 5.75 Å². The fourth-order valence-corrected chi connectivity index (χ4v) is 5.31. The maximum atomic E-state index is 12.9. The topological polar surface area (TPSA) is 75.7 Å². The molecule has 1 aliphatic rings. The maximum Gasteiger partial charge on any atom is 0.243 e. The van der Waals surface area contributed by atoms with Crippen molar-refractivity contribution in [1.29, 1.82) is 0 Å². The number of methoxy groups -OCH3 is 1. The van der Waals surface area contributed by atoms with Gasteiger partial charge < -0.3 is 10.1 Å². The molecular weight excluding hydrogens is 400 g/mol. The van der Waals surface area contributed by atoms with Crippen molar-refractivity contribution in [3.63, 3.8) is 0 Å². The van der Waals surface area contributed by atoms with Gasteiger partial charge in [0.15, 0.2) is 0 Å². The number of ether oxygens (including phenoxy) is 1. The van der Waals surface area contributed by atoms with Crippen molar-refractivity contribution in [2.75, 3.05) is 20.2 Å². The molecule has 3 rings (SSSR count). The number of amides is 1. The van der Waals surface area contributed by atoms with E-state index in [0.717, 1.165) is 6.42 Å². The second-order valence-electron chi connectivity index (χ2n) is 8.39. The Morgan fingerprint density at radius 3 is 2.23 bits per heavy atom. The second kappa shape index (κ2) is 9.18. The van der Waals surface area contributed by atoms with Gasteiger partial charge in [-0.15, -0.1) is 0 Å². The van der Waals surface area contributed by atoms with Gasteiger partial charge in [-0.2, -0.15) is 4.31 Å². The molecule has 30 heavy (non-hydrogen) atoms. The van der Waals surface area contributed by atoms with Crippen LogP contribution in [0.5, 0.6) is 5.75 Å². The van der Waals surface area contributed by atoms with Gasteiger partial charge >= 0.3 is 0 Å². The Labute approximate surface area is 179 Å². The van der Waals surface area contributed by atoms with Crippen molar-refractivity contribution in [2.45, 2.75) is 43.5 Å². The third kappa shape index (κ3) is 5.40. The summed E-state index contributed by atoms with van der Waals surface area (Å²) in [6.45, 7) is 4.71. The van der Waals surface area contributed by atoms with Gasteiger partial charge in [-0.1, -0.05) is 30.3 Å². The normalized spacial score (nSPS) is 16.2. The number of hydrogen-bond acceptors (Lipinski definition) is 4. The zero-order chi connectivity index (χ0) is 21.8. The van der Waals surface area contributed by atoms with E-state index in [1.165, 1.54) is 9.87 Å². The van der Waals surface area contributed by atoms with Crippen molar-refractivity contribution in [1.82, 2.24) is 9.62 Å². The molecule has 0 spiro atoms. The molecule has 2 aromatic carbocycles. The van der Waals surface area contributed by atoms with Crippen molar-refractivity contribution in [3.05, 3.63) is 60.2 Å². The van der Waals surface area contributed by atoms with Crippen LogP contribution in [0.1, 0.15) is 32.3 Å². The molecule has 0 unspecified atom stereocenters. The predicted octanol–water partition coefficient (Wildman–Crippen LogP) is 3.23. The van der Waals surface area contributed by atoms with E-state index in [9.17, 15) is 13.2 Å².